The van der Waals surface area contributed by atoms with Crippen LogP contribution in [0.3, 0.4) is 0 Å². The third kappa shape index (κ3) is 19.5. The number of unbranched alkanes of at least 4 members (excludes halogenated alkanes) is 1. The van der Waals surface area contributed by atoms with Gasteiger partial charge < -0.3 is 5.73 Å². The van der Waals surface area contributed by atoms with Crippen LogP contribution in [0, 0.1) is 5.41 Å². The first-order chi connectivity index (χ1) is 12.7. The van der Waals surface area contributed by atoms with Crippen molar-refractivity contribution in [2.45, 2.75) is 58.3 Å². The van der Waals surface area contributed by atoms with Gasteiger partial charge in [-0.25, -0.2) is 0 Å². The number of nitrogens with two attached hydrogens (primary N) is 1. The molecule has 0 aliphatic heterocycles. The van der Waals surface area contributed by atoms with Crippen molar-refractivity contribution in [3.8, 4) is 0 Å². The summed E-state index contributed by atoms with van der Waals surface area (Å²) in [7, 11) is 0. The van der Waals surface area contributed by atoms with Crippen LogP contribution in [0.15, 0.2) is 60.8 Å². The van der Waals surface area contributed by atoms with Crippen molar-refractivity contribution < 1.29 is 4.79 Å². The molecular weight excluding hydrogens is 324 g/mol. The van der Waals surface area contributed by atoms with Crippen LogP contribution in [0.2, 0.25) is 0 Å². The summed E-state index contributed by atoms with van der Waals surface area (Å²) in [5.41, 5.74) is 9.69. The van der Waals surface area contributed by atoms with Crippen molar-refractivity contribution in [1.82, 2.24) is 10.9 Å². The molecule has 0 aromatic rings. The lowest BCUT2D eigenvalue weighted by molar-refractivity contribution is -0.121. The zero-order chi connectivity index (χ0) is 19.3. The first-order valence-electron chi connectivity index (χ1n) is 9.30. The van der Waals surface area contributed by atoms with Crippen molar-refractivity contribution in [2.24, 2.45) is 5.73 Å². The maximum absolute atomic E-state index is 11.3. The molecule has 5 nitrogen and oxygen atoms in total. The number of guanidine groups is 1. The average molecular weight is 359 g/mol. The maximum atomic E-state index is 11.3. The number of carbonyl (C=O) groups excluding carboxylic acids is 1. The Labute approximate surface area is 158 Å². The number of hydrazine groups is 1. The minimum Gasteiger partial charge on any atom is -0.369 e. The van der Waals surface area contributed by atoms with Crippen molar-refractivity contribution in [3.63, 3.8) is 0 Å². The van der Waals surface area contributed by atoms with Gasteiger partial charge in [-0.3, -0.25) is 21.1 Å². The number of rotatable bonds is 13. The van der Waals surface area contributed by atoms with Crippen LogP contribution in [-0.4, -0.2) is 11.9 Å². The van der Waals surface area contributed by atoms with Gasteiger partial charge in [-0.05, 0) is 44.9 Å². The van der Waals surface area contributed by atoms with E-state index in [9.17, 15) is 4.79 Å². The van der Waals surface area contributed by atoms with E-state index in [1.807, 2.05) is 0 Å². The Morgan fingerprint density at radius 2 is 1.27 bits per heavy atom. The minimum atomic E-state index is -0.267. The summed E-state index contributed by atoms with van der Waals surface area (Å²) < 4.78 is 0. The summed E-state index contributed by atoms with van der Waals surface area (Å²) in [5, 5.41) is 6.92. The standard InChI is InChI=1S/C21H34N4O/c1-2-3-4-5-6-7-8-9-10-11-12-13-14-15-16-17-18-19-20(26)24-25-21(22)23/h3-4,6-7,9-10,12-13,15-16H,2,5,8,11,14,17-19H2,1H3,(H,24,26)(H4,22,23,25)/b4-3-,7-6-,10-9-,13-12-,16-15-. The zero-order valence-corrected chi connectivity index (χ0v) is 15.9. The molecule has 5 N–H and O–H groups in total. The van der Waals surface area contributed by atoms with Crippen LogP contribution < -0.4 is 16.6 Å². The fraction of sp³-hybridized carbons (Fsp3) is 0.429. The summed E-state index contributed by atoms with van der Waals surface area (Å²) >= 11 is 0. The first kappa shape index (κ1) is 23.4. The van der Waals surface area contributed by atoms with Gasteiger partial charge in [0.1, 0.15) is 0 Å². The number of carbonyl (C=O) groups is 1. The molecule has 0 aromatic carbocycles. The van der Waals surface area contributed by atoms with Crippen molar-refractivity contribution in [2.75, 3.05) is 0 Å². The van der Waals surface area contributed by atoms with Crippen molar-refractivity contribution in [3.05, 3.63) is 60.8 Å². The second-order valence-corrected chi connectivity index (χ2v) is 5.69. The minimum absolute atomic E-state index is 0.160. The van der Waals surface area contributed by atoms with Crippen LogP contribution >= 0.6 is 0 Å². The molecular formula is C21H34N4O. The second-order valence-electron chi connectivity index (χ2n) is 5.69. The molecule has 0 spiro atoms. The third-order valence-electron chi connectivity index (χ3n) is 3.27. The summed E-state index contributed by atoms with van der Waals surface area (Å²) in [5.74, 6) is -0.427. The Hall–Kier alpha value is -2.56. The number of allylic oxidation sites excluding steroid dienone is 10. The molecule has 0 bridgehead atoms. The highest BCUT2D eigenvalue weighted by atomic mass is 16.2. The smallest absolute Gasteiger partial charge is 0.238 e. The van der Waals surface area contributed by atoms with Gasteiger partial charge in [-0.15, -0.1) is 0 Å². The van der Waals surface area contributed by atoms with Crippen LogP contribution in [0.25, 0.3) is 0 Å². The van der Waals surface area contributed by atoms with E-state index in [-0.39, 0.29) is 11.9 Å². The predicted molar refractivity (Wildman–Crippen MR) is 112 cm³/mol. The van der Waals surface area contributed by atoms with E-state index in [1.165, 1.54) is 0 Å². The highest BCUT2D eigenvalue weighted by molar-refractivity contribution is 5.81. The Bertz CT molecular complexity index is 516. The van der Waals surface area contributed by atoms with Crippen LogP contribution in [0.1, 0.15) is 58.3 Å². The monoisotopic (exact) mass is 358 g/mol. The van der Waals surface area contributed by atoms with Gasteiger partial charge >= 0.3 is 0 Å². The summed E-state index contributed by atoms with van der Waals surface area (Å²) in [6.07, 6.45) is 28.7. The van der Waals surface area contributed by atoms with Gasteiger partial charge in [0.25, 0.3) is 0 Å². The molecule has 0 atom stereocenters. The van der Waals surface area contributed by atoms with E-state index in [0.717, 1.165) is 44.9 Å². The second kappa shape index (κ2) is 18.8. The molecule has 1 amide bonds. The van der Waals surface area contributed by atoms with E-state index in [0.29, 0.717) is 6.42 Å². The molecule has 0 aromatic heterocycles. The van der Waals surface area contributed by atoms with Gasteiger partial charge in [0.2, 0.25) is 11.9 Å². The molecule has 0 saturated carbocycles. The number of amides is 1. The number of hydrogen-bond acceptors (Lipinski definition) is 2. The highest BCUT2D eigenvalue weighted by Crippen LogP contribution is 1.99. The number of hydrogen-bond donors (Lipinski definition) is 4. The van der Waals surface area contributed by atoms with Gasteiger partial charge in [-0.2, -0.15) is 0 Å². The molecule has 0 fully saturated rings. The summed E-state index contributed by atoms with van der Waals surface area (Å²) in [6, 6.07) is 0. The van der Waals surface area contributed by atoms with Gasteiger partial charge in [0, 0.05) is 6.42 Å². The fourth-order valence-electron chi connectivity index (χ4n) is 1.95. The first-order valence-corrected chi connectivity index (χ1v) is 9.30. The zero-order valence-electron chi connectivity index (χ0n) is 15.9. The van der Waals surface area contributed by atoms with Crippen LogP contribution in [0.5, 0.6) is 0 Å². The normalized spacial score (nSPS) is 12.2. The molecule has 0 aliphatic carbocycles. The topological polar surface area (TPSA) is 91.0 Å². The lowest BCUT2D eigenvalue weighted by atomic mass is 10.2. The molecule has 5 heteroatoms. The van der Waals surface area contributed by atoms with E-state index >= 15 is 0 Å². The Morgan fingerprint density at radius 3 is 1.73 bits per heavy atom. The Balaban J connectivity index is 3.53. The summed E-state index contributed by atoms with van der Waals surface area (Å²) in [6.45, 7) is 2.14. The molecule has 0 unspecified atom stereocenters. The molecule has 0 rings (SSSR count). The molecule has 26 heavy (non-hydrogen) atoms. The largest absolute Gasteiger partial charge is 0.369 e. The van der Waals surface area contributed by atoms with Crippen LogP contribution in [0.4, 0.5) is 0 Å². The Kier molecular flexibility index (Phi) is 16.9. The molecule has 0 radical (unpaired) electrons. The van der Waals surface area contributed by atoms with E-state index in [2.05, 4.69) is 78.5 Å². The highest BCUT2D eigenvalue weighted by Gasteiger charge is 1.98. The lowest BCUT2D eigenvalue weighted by Gasteiger charge is -2.04. The summed E-state index contributed by atoms with van der Waals surface area (Å²) in [4.78, 5) is 11.3. The molecule has 144 valence electrons. The average Bonchev–Trinajstić information content (AvgIpc) is 2.62. The lowest BCUT2D eigenvalue weighted by Crippen LogP contribution is -2.44. The molecule has 0 heterocycles. The van der Waals surface area contributed by atoms with Crippen molar-refractivity contribution >= 4 is 11.9 Å². The predicted octanol–water partition coefficient (Wildman–Crippen LogP) is 4.42. The number of nitrogens with one attached hydrogen (secondary N) is 3. The molecule has 0 saturated heterocycles. The van der Waals surface area contributed by atoms with Crippen molar-refractivity contribution in [1.29, 1.82) is 5.41 Å². The Morgan fingerprint density at radius 1 is 0.808 bits per heavy atom. The van der Waals surface area contributed by atoms with Crippen LogP contribution in [-0.2, 0) is 4.79 Å². The van der Waals surface area contributed by atoms with E-state index < -0.39 is 0 Å². The van der Waals surface area contributed by atoms with E-state index in [4.69, 9.17) is 11.1 Å². The SMILES string of the molecule is CC/C=C\C/C=C\C/C=C\C/C=C\C/C=C\CCCC(=O)NNC(=N)N. The maximum Gasteiger partial charge on any atom is 0.238 e. The third-order valence-corrected chi connectivity index (χ3v) is 3.27. The van der Waals surface area contributed by atoms with Gasteiger partial charge in [0.05, 0.1) is 0 Å². The quantitative estimate of drug-likeness (QED) is 0.129. The van der Waals surface area contributed by atoms with E-state index in [1.54, 1.807) is 0 Å². The fourth-order valence-corrected chi connectivity index (χ4v) is 1.95. The van der Waals surface area contributed by atoms with Gasteiger partial charge in [-0.1, -0.05) is 67.7 Å². The van der Waals surface area contributed by atoms with Gasteiger partial charge in [0.15, 0.2) is 0 Å². The molecule has 0 aliphatic rings.